The summed E-state index contributed by atoms with van der Waals surface area (Å²) < 4.78 is 0. The lowest BCUT2D eigenvalue weighted by Crippen LogP contribution is -2.26. The van der Waals surface area contributed by atoms with Crippen molar-refractivity contribution in [3.63, 3.8) is 0 Å². The fraction of sp³-hybridized carbons (Fsp3) is 0.429. The van der Waals surface area contributed by atoms with Crippen molar-refractivity contribution in [2.45, 2.75) is 19.3 Å². The maximum atomic E-state index is 12.0. The molecule has 19 heavy (non-hydrogen) atoms. The molecule has 1 aromatic heterocycles. The number of likely N-dealkylation sites (tertiary alicyclic amines) is 1. The number of amides is 1. The molecule has 1 amide bonds. The lowest BCUT2D eigenvalue weighted by atomic mass is 10.0. The van der Waals surface area contributed by atoms with Crippen LogP contribution in [-0.2, 0) is 9.59 Å². The van der Waals surface area contributed by atoms with Crippen LogP contribution in [0.5, 0.6) is 0 Å². The molecule has 102 valence electrons. The van der Waals surface area contributed by atoms with E-state index in [1.54, 1.807) is 22.3 Å². The summed E-state index contributed by atoms with van der Waals surface area (Å²) in [5.74, 6) is -0.413. The predicted molar refractivity (Wildman–Crippen MR) is 74.9 cm³/mol. The Morgan fingerprint density at radius 3 is 3.05 bits per heavy atom. The van der Waals surface area contributed by atoms with E-state index in [1.807, 2.05) is 23.6 Å². The lowest BCUT2D eigenvalue weighted by molar-refractivity contribution is -0.137. The summed E-state index contributed by atoms with van der Waals surface area (Å²) >= 11 is 1.60. The summed E-state index contributed by atoms with van der Waals surface area (Å²) in [6.45, 7) is 1.42. The molecule has 1 aromatic rings. The average molecular weight is 279 g/mol. The Balaban J connectivity index is 1.80. The molecule has 0 aliphatic carbocycles. The van der Waals surface area contributed by atoms with E-state index in [4.69, 9.17) is 5.11 Å². The van der Waals surface area contributed by atoms with Gasteiger partial charge in [0.25, 0.3) is 0 Å². The van der Waals surface area contributed by atoms with Crippen LogP contribution < -0.4 is 0 Å². The number of rotatable bonds is 5. The van der Waals surface area contributed by atoms with E-state index in [-0.39, 0.29) is 12.3 Å². The first-order chi connectivity index (χ1) is 9.15. The molecule has 4 nitrogen and oxygen atoms in total. The van der Waals surface area contributed by atoms with Crippen molar-refractivity contribution in [1.82, 2.24) is 4.90 Å². The van der Waals surface area contributed by atoms with Gasteiger partial charge in [-0.3, -0.25) is 9.59 Å². The first kappa shape index (κ1) is 13.8. The average Bonchev–Trinajstić information content (AvgIpc) is 3.04. The molecule has 1 unspecified atom stereocenters. The van der Waals surface area contributed by atoms with Gasteiger partial charge in [0.05, 0.1) is 0 Å². The maximum Gasteiger partial charge on any atom is 0.303 e. The number of aliphatic carboxylic acids is 1. The third kappa shape index (κ3) is 4.21. The predicted octanol–water partition coefficient (Wildman–Crippen LogP) is 2.47. The van der Waals surface area contributed by atoms with Crippen LogP contribution in [-0.4, -0.2) is 35.0 Å². The summed E-state index contributed by atoms with van der Waals surface area (Å²) in [6.07, 6.45) is 5.19. The largest absolute Gasteiger partial charge is 0.481 e. The summed E-state index contributed by atoms with van der Waals surface area (Å²) in [5, 5.41) is 10.6. The van der Waals surface area contributed by atoms with Gasteiger partial charge in [0.1, 0.15) is 0 Å². The van der Waals surface area contributed by atoms with Crippen molar-refractivity contribution >= 4 is 29.3 Å². The highest BCUT2D eigenvalue weighted by Crippen LogP contribution is 2.21. The van der Waals surface area contributed by atoms with Gasteiger partial charge in [0.15, 0.2) is 0 Å². The zero-order chi connectivity index (χ0) is 13.7. The zero-order valence-corrected chi connectivity index (χ0v) is 11.4. The normalized spacial score (nSPS) is 19.2. The molecule has 2 heterocycles. The molecule has 1 aliphatic heterocycles. The molecule has 0 saturated carbocycles. The van der Waals surface area contributed by atoms with Crippen LogP contribution >= 0.6 is 11.3 Å². The number of carbonyl (C=O) groups excluding carboxylic acids is 1. The zero-order valence-electron chi connectivity index (χ0n) is 10.6. The fourth-order valence-electron chi connectivity index (χ4n) is 2.24. The molecule has 1 saturated heterocycles. The van der Waals surface area contributed by atoms with Crippen LogP contribution in [0, 0.1) is 5.92 Å². The van der Waals surface area contributed by atoms with E-state index in [0.717, 1.165) is 17.8 Å². The first-order valence-corrected chi connectivity index (χ1v) is 7.25. The number of hydrogen-bond acceptors (Lipinski definition) is 3. The molecule has 1 aliphatic rings. The van der Waals surface area contributed by atoms with Crippen LogP contribution in [0.15, 0.2) is 23.6 Å². The number of carboxylic acid groups (broad SMARTS) is 1. The SMILES string of the molecule is O=C(O)CCC1CCN(C(=O)/C=C/c2cccs2)C1. The molecule has 1 atom stereocenters. The van der Waals surface area contributed by atoms with Crippen molar-refractivity contribution in [3.8, 4) is 0 Å². The lowest BCUT2D eigenvalue weighted by Gasteiger charge is -2.13. The number of carboxylic acids is 1. The summed E-state index contributed by atoms with van der Waals surface area (Å²) in [5.41, 5.74) is 0. The van der Waals surface area contributed by atoms with Crippen molar-refractivity contribution in [2.24, 2.45) is 5.92 Å². The molecule has 5 heteroatoms. The minimum atomic E-state index is -0.762. The van der Waals surface area contributed by atoms with E-state index < -0.39 is 5.97 Å². The quantitative estimate of drug-likeness (QED) is 0.842. The molecule has 2 rings (SSSR count). The van der Waals surface area contributed by atoms with Crippen molar-refractivity contribution in [2.75, 3.05) is 13.1 Å². The van der Waals surface area contributed by atoms with Crippen LogP contribution in [0.1, 0.15) is 24.1 Å². The van der Waals surface area contributed by atoms with E-state index >= 15 is 0 Å². The summed E-state index contributed by atoms with van der Waals surface area (Å²) in [4.78, 5) is 25.3. The second-order valence-electron chi connectivity index (χ2n) is 4.72. The van der Waals surface area contributed by atoms with Crippen LogP contribution in [0.3, 0.4) is 0 Å². The molecule has 0 radical (unpaired) electrons. The maximum absolute atomic E-state index is 12.0. The molecule has 0 bridgehead atoms. The Morgan fingerprint density at radius 2 is 2.37 bits per heavy atom. The Morgan fingerprint density at radius 1 is 1.53 bits per heavy atom. The van der Waals surface area contributed by atoms with Gasteiger partial charge in [-0.25, -0.2) is 0 Å². The molecule has 1 N–H and O–H groups in total. The van der Waals surface area contributed by atoms with Gasteiger partial charge in [-0.05, 0) is 36.3 Å². The fourth-order valence-corrected chi connectivity index (χ4v) is 2.86. The molecule has 0 aromatic carbocycles. The topological polar surface area (TPSA) is 57.6 Å². The molecular weight excluding hydrogens is 262 g/mol. The minimum absolute atomic E-state index is 0.0197. The van der Waals surface area contributed by atoms with Crippen LogP contribution in [0.2, 0.25) is 0 Å². The third-order valence-corrected chi connectivity index (χ3v) is 4.13. The highest BCUT2D eigenvalue weighted by molar-refractivity contribution is 7.10. The van der Waals surface area contributed by atoms with E-state index in [2.05, 4.69) is 0 Å². The van der Waals surface area contributed by atoms with Gasteiger partial charge < -0.3 is 10.0 Å². The number of hydrogen-bond donors (Lipinski definition) is 1. The monoisotopic (exact) mass is 279 g/mol. The van der Waals surface area contributed by atoms with E-state index in [9.17, 15) is 9.59 Å². The Kier molecular flexibility index (Phi) is 4.74. The number of thiophene rings is 1. The van der Waals surface area contributed by atoms with Gasteiger partial charge in [-0.2, -0.15) is 0 Å². The van der Waals surface area contributed by atoms with Crippen molar-refractivity contribution in [1.29, 1.82) is 0 Å². The molecular formula is C14H17NO3S. The van der Waals surface area contributed by atoms with Crippen LogP contribution in [0.4, 0.5) is 0 Å². The second-order valence-corrected chi connectivity index (χ2v) is 5.70. The third-order valence-electron chi connectivity index (χ3n) is 3.30. The summed E-state index contributed by atoms with van der Waals surface area (Å²) in [6, 6.07) is 3.92. The Bertz CT molecular complexity index is 467. The van der Waals surface area contributed by atoms with Crippen molar-refractivity contribution < 1.29 is 14.7 Å². The highest BCUT2D eigenvalue weighted by atomic mass is 32.1. The smallest absolute Gasteiger partial charge is 0.303 e. The van der Waals surface area contributed by atoms with Gasteiger partial charge >= 0.3 is 5.97 Å². The Labute approximate surface area is 116 Å². The number of carbonyl (C=O) groups is 2. The number of nitrogens with zero attached hydrogens (tertiary/aromatic N) is 1. The second kappa shape index (κ2) is 6.52. The Hall–Kier alpha value is -1.62. The van der Waals surface area contributed by atoms with Gasteiger partial charge in [-0.1, -0.05) is 6.07 Å². The van der Waals surface area contributed by atoms with E-state index in [0.29, 0.717) is 18.9 Å². The molecule has 0 spiro atoms. The molecule has 1 fully saturated rings. The highest BCUT2D eigenvalue weighted by Gasteiger charge is 2.25. The van der Waals surface area contributed by atoms with Gasteiger partial charge in [0, 0.05) is 30.5 Å². The van der Waals surface area contributed by atoms with Gasteiger partial charge in [-0.15, -0.1) is 11.3 Å². The summed E-state index contributed by atoms with van der Waals surface area (Å²) in [7, 11) is 0. The standard InChI is InChI=1S/C14H17NO3S/c16-13(5-4-12-2-1-9-19-12)15-8-7-11(10-15)3-6-14(17)18/h1-2,4-5,9,11H,3,6-8,10H2,(H,17,18)/b5-4+. The van der Waals surface area contributed by atoms with Gasteiger partial charge in [0.2, 0.25) is 5.91 Å². The van der Waals surface area contributed by atoms with Crippen molar-refractivity contribution in [3.05, 3.63) is 28.5 Å². The van der Waals surface area contributed by atoms with Crippen LogP contribution in [0.25, 0.3) is 6.08 Å². The van der Waals surface area contributed by atoms with E-state index in [1.165, 1.54) is 0 Å². The minimum Gasteiger partial charge on any atom is -0.481 e. The first-order valence-electron chi connectivity index (χ1n) is 6.37.